The molecule has 0 fully saturated rings. The summed E-state index contributed by atoms with van der Waals surface area (Å²) in [6.45, 7) is 4.41. The number of benzene rings is 2. The number of aliphatic hydroxyl groups is 1. The van der Waals surface area contributed by atoms with Crippen LogP contribution in [0, 0.1) is 5.82 Å². The molecule has 0 amide bonds. The van der Waals surface area contributed by atoms with Crippen LogP contribution in [-0.2, 0) is 0 Å². The normalized spacial score (nSPS) is 12.2. The maximum Gasteiger partial charge on any atom is 0.123 e. The van der Waals surface area contributed by atoms with Crippen molar-refractivity contribution in [1.82, 2.24) is 0 Å². The van der Waals surface area contributed by atoms with Crippen molar-refractivity contribution in [3.05, 3.63) is 58.9 Å². The van der Waals surface area contributed by atoms with E-state index in [9.17, 15) is 9.50 Å². The molecule has 0 spiro atoms. The maximum atomic E-state index is 13.0. The van der Waals surface area contributed by atoms with Crippen LogP contribution in [0.2, 0.25) is 5.02 Å². The summed E-state index contributed by atoms with van der Waals surface area (Å²) in [6.07, 6.45) is -0.553. The fourth-order valence-electron chi connectivity index (χ4n) is 2.11. The van der Waals surface area contributed by atoms with E-state index in [0.717, 1.165) is 16.9 Å². The van der Waals surface area contributed by atoms with Crippen LogP contribution in [0.1, 0.15) is 25.5 Å². The van der Waals surface area contributed by atoms with Crippen LogP contribution in [-0.4, -0.2) is 11.7 Å². The molecule has 0 aliphatic rings. The highest BCUT2D eigenvalue weighted by Crippen LogP contribution is 2.33. The van der Waals surface area contributed by atoms with Gasteiger partial charge in [0, 0.05) is 12.2 Å². The highest BCUT2D eigenvalue weighted by molar-refractivity contribution is 6.33. The molecule has 4 heteroatoms. The molecule has 1 atom stereocenters. The van der Waals surface area contributed by atoms with Gasteiger partial charge in [-0.3, -0.25) is 0 Å². The first kappa shape index (κ1) is 14.8. The van der Waals surface area contributed by atoms with Crippen molar-refractivity contribution in [2.75, 3.05) is 11.4 Å². The predicted octanol–water partition coefficient (Wildman–Crippen LogP) is 4.69. The second-order valence-electron chi connectivity index (χ2n) is 4.61. The first-order valence-electron chi connectivity index (χ1n) is 6.53. The Kier molecular flexibility index (Phi) is 4.63. The summed E-state index contributed by atoms with van der Waals surface area (Å²) in [4.78, 5) is 1.99. The van der Waals surface area contributed by atoms with E-state index in [1.807, 2.05) is 24.0 Å². The lowest BCUT2D eigenvalue weighted by Gasteiger charge is -2.25. The fraction of sp³-hybridized carbons (Fsp3) is 0.250. The van der Waals surface area contributed by atoms with Crippen LogP contribution in [0.4, 0.5) is 15.8 Å². The first-order valence-corrected chi connectivity index (χ1v) is 6.91. The molecular formula is C16H17ClFNO. The minimum Gasteiger partial charge on any atom is -0.389 e. The first-order chi connectivity index (χ1) is 9.52. The summed E-state index contributed by atoms with van der Waals surface area (Å²) < 4.78 is 13.0. The van der Waals surface area contributed by atoms with Crippen LogP contribution in [0.25, 0.3) is 0 Å². The summed E-state index contributed by atoms with van der Waals surface area (Å²) >= 11 is 6.30. The number of anilines is 2. The van der Waals surface area contributed by atoms with Gasteiger partial charge < -0.3 is 10.0 Å². The van der Waals surface area contributed by atoms with Gasteiger partial charge in [-0.1, -0.05) is 17.7 Å². The molecule has 0 aromatic heterocycles. The highest BCUT2D eigenvalue weighted by Gasteiger charge is 2.13. The van der Waals surface area contributed by atoms with Crippen molar-refractivity contribution in [2.45, 2.75) is 20.0 Å². The highest BCUT2D eigenvalue weighted by atomic mass is 35.5. The minimum absolute atomic E-state index is 0.264. The SMILES string of the molecule is CCN(c1ccc(F)cc1)c1ccc(C(C)O)cc1Cl. The third-order valence-corrected chi connectivity index (χ3v) is 3.50. The molecule has 1 N–H and O–H groups in total. The molecule has 2 aromatic rings. The number of rotatable bonds is 4. The van der Waals surface area contributed by atoms with Crippen molar-refractivity contribution in [2.24, 2.45) is 0 Å². The van der Waals surface area contributed by atoms with Crippen LogP contribution in [0.3, 0.4) is 0 Å². The minimum atomic E-state index is -0.553. The lowest BCUT2D eigenvalue weighted by atomic mass is 10.1. The van der Waals surface area contributed by atoms with Gasteiger partial charge in [0.1, 0.15) is 5.82 Å². The molecule has 20 heavy (non-hydrogen) atoms. The third kappa shape index (κ3) is 3.11. The average Bonchev–Trinajstić information content (AvgIpc) is 2.43. The molecule has 1 unspecified atom stereocenters. The molecular weight excluding hydrogens is 277 g/mol. The number of nitrogens with zero attached hydrogens (tertiary/aromatic N) is 1. The van der Waals surface area contributed by atoms with Gasteiger partial charge in [-0.2, -0.15) is 0 Å². The summed E-state index contributed by atoms with van der Waals surface area (Å²) in [6, 6.07) is 11.8. The largest absolute Gasteiger partial charge is 0.389 e. The van der Waals surface area contributed by atoms with Crippen molar-refractivity contribution >= 4 is 23.0 Å². The van der Waals surface area contributed by atoms with Crippen molar-refractivity contribution in [1.29, 1.82) is 0 Å². The van der Waals surface area contributed by atoms with Gasteiger partial charge in [0.05, 0.1) is 16.8 Å². The van der Waals surface area contributed by atoms with E-state index in [1.54, 1.807) is 25.1 Å². The zero-order chi connectivity index (χ0) is 14.7. The quantitative estimate of drug-likeness (QED) is 0.884. The number of aliphatic hydroxyl groups excluding tert-OH is 1. The Bertz CT molecular complexity index is 584. The second kappa shape index (κ2) is 6.25. The second-order valence-corrected chi connectivity index (χ2v) is 5.01. The topological polar surface area (TPSA) is 23.5 Å². The van der Waals surface area contributed by atoms with E-state index in [0.29, 0.717) is 11.6 Å². The summed E-state index contributed by atoms with van der Waals surface area (Å²) in [5.74, 6) is -0.264. The Morgan fingerprint density at radius 2 is 1.85 bits per heavy atom. The zero-order valence-electron chi connectivity index (χ0n) is 11.5. The molecule has 0 aliphatic heterocycles. The Balaban J connectivity index is 2.39. The Morgan fingerprint density at radius 1 is 1.20 bits per heavy atom. The van der Waals surface area contributed by atoms with Crippen molar-refractivity contribution in [3.8, 4) is 0 Å². The summed E-state index contributed by atoms with van der Waals surface area (Å²) in [7, 11) is 0. The summed E-state index contributed by atoms with van der Waals surface area (Å²) in [5, 5.41) is 10.1. The molecule has 0 heterocycles. The fourth-order valence-corrected chi connectivity index (χ4v) is 2.41. The van der Waals surface area contributed by atoms with Crippen molar-refractivity contribution < 1.29 is 9.50 Å². The average molecular weight is 294 g/mol. The molecule has 106 valence electrons. The third-order valence-electron chi connectivity index (χ3n) is 3.20. The monoisotopic (exact) mass is 293 g/mol. The van der Waals surface area contributed by atoms with E-state index in [2.05, 4.69) is 0 Å². The maximum absolute atomic E-state index is 13.0. The van der Waals surface area contributed by atoms with Gasteiger partial charge in [0.25, 0.3) is 0 Å². The lowest BCUT2D eigenvalue weighted by molar-refractivity contribution is 0.199. The number of halogens is 2. The molecule has 0 saturated carbocycles. The molecule has 0 saturated heterocycles. The molecule has 0 radical (unpaired) electrons. The lowest BCUT2D eigenvalue weighted by Crippen LogP contribution is -2.16. The molecule has 0 aliphatic carbocycles. The smallest absolute Gasteiger partial charge is 0.123 e. The predicted molar refractivity (Wildman–Crippen MR) is 81.2 cm³/mol. The molecule has 0 bridgehead atoms. The van der Waals surface area contributed by atoms with E-state index >= 15 is 0 Å². The Morgan fingerprint density at radius 3 is 2.35 bits per heavy atom. The standard InChI is InChI=1S/C16H17ClFNO/c1-3-19(14-7-5-13(18)6-8-14)16-9-4-12(11(2)20)10-15(16)17/h4-11,20H,3H2,1-2H3. The van der Waals surface area contributed by atoms with E-state index in [4.69, 9.17) is 11.6 Å². The van der Waals surface area contributed by atoms with Gasteiger partial charge in [0.15, 0.2) is 0 Å². The van der Waals surface area contributed by atoms with E-state index in [1.165, 1.54) is 12.1 Å². The number of hydrogen-bond acceptors (Lipinski definition) is 2. The zero-order valence-corrected chi connectivity index (χ0v) is 12.2. The van der Waals surface area contributed by atoms with E-state index in [-0.39, 0.29) is 5.82 Å². The molecule has 2 aromatic carbocycles. The Labute approximate surface area is 123 Å². The van der Waals surface area contributed by atoms with E-state index < -0.39 is 6.10 Å². The van der Waals surface area contributed by atoms with Gasteiger partial charge in [0.2, 0.25) is 0 Å². The van der Waals surface area contributed by atoms with Crippen LogP contribution >= 0.6 is 11.6 Å². The number of hydrogen-bond donors (Lipinski definition) is 1. The van der Waals surface area contributed by atoms with Crippen LogP contribution < -0.4 is 4.90 Å². The van der Waals surface area contributed by atoms with Crippen molar-refractivity contribution in [3.63, 3.8) is 0 Å². The van der Waals surface area contributed by atoms with Crippen LogP contribution in [0.15, 0.2) is 42.5 Å². The van der Waals surface area contributed by atoms with Crippen LogP contribution in [0.5, 0.6) is 0 Å². The van der Waals surface area contributed by atoms with Gasteiger partial charge >= 0.3 is 0 Å². The van der Waals surface area contributed by atoms with Gasteiger partial charge in [-0.25, -0.2) is 4.39 Å². The summed E-state index contributed by atoms with van der Waals surface area (Å²) in [5.41, 5.74) is 2.49. The van der Waals surface area contributed by atoms with Gasteiger partial charge in [-0.15, -0.1) is 0 Å². The Hall–Kier alpha value is -1.58. The molecule has 2 nitrogen and oxygen atoms in total. The van der Waals surface area contributed by atoms with Gasteiger partial charge in [-0.05, 0) is 55.8 Å². The molecule has 2 rings (SSSR count).